The van der Waals surface area contributed by atoms with Gasteiger partial charge in [0.1, 0.15) is 0 Å². The maximum Gasteiger partial charge on any atom is 0.203 e. The summed E-state index contributed by atoms with van der Waals surface area (Å²) in [5.74, 6) is 0. The van der Waals surface area contributed by atoms with Gasteiger partial charge < -0.3 is 0 Å². The molecule has 0 fully saturated rings. The first-order valence-electron chi connectivity index (χ1n) is 5.01. The van der Waals surface area contributed by atoms with Crippen molar-refractivity contribution in [1.29, 1.82) is 0 Å². The van der Waals surface area contributed by atoms with Crippen molar-refractivity contribution in [2.75, 3.05) is 0 Å². The Labute approximate surface area is 111 Å². The Kier molecular flexibility index (Phi) is 4.55. The number of hydrogen-bond donors (Lipinski definition) is 0. The zero-order valence-corrected chi connectivity index (χ0v) is 12.5. The molecule has 0 radical (unpaired) electrons. The van der Waals surface area contributed by atoms with Crippen molar-refractivity contribution >= 4 is 32.4 Å². The highest BCUT2D eigenvalue weighted by atomic mass is 127. The van der Waals surface area contributed by atoms with Crippen LogP contribution in [0.2, 0.25) is 0 Å². The lowest BCUT2D eigenvalue weighted by Crippen LogP contribution is -2.11. The van der Waals surface area contributed by atoms with Crippen LogP contribution in [0.25, 0.3) is 0 Å². The average Bonchev–Trinajstić information content (AvgIpc) is 2.18. The Morgan fingerprint density at radius 3 is 2.19 bits per heavy atom. The second-order valence-electron chi connectivity index (χ2n) is 3.62. The minimum atomic E-state index is -3.31. The molecule has 4 heteroatoms. The molecule has 0 amide bonds. The first kappa shape index (κ1) is 13.7. The molecule has 1 rings (SSSR count). The highest BCUT2D eigenvalue weighted by Crippen LogP contribution is 2.25. The van der Waals surface area contributed by atoms with Gasteiger partial charge >= 0.3 is 0 Å². The van der Waals surface area contributed by atoms with Gasteiger partial charge in [0.15, 0.2) is 0 Å². The molecule has 1 atom stereocenters. The molecule has 0 heterocycles. The summed E-state index contributed by atoms with van der Waals surface area (Å²) in [4.78, 5) is 0.840. The number of rotatable bonds is 3. The number of halogens is 1. The fourth-order valence-corrected chi connectivity index (χ4v) is 4.32. The van der Waals surface area contributed by atoms with Crippen molar-refractivity contribution < 1.29 is 8.42 Å². The monoisotopic (exact) mass is 350 g/mol. The molecule has 0 aliphatic heterocycles. The van der Waals surface area contributed by atoms with Crippen molar-refractivity contribution in [3.63, 3.8) is 0 Å². The molecule has 1 aromatic rings. The smallest absolute Gasteiger partial charge is 0.203 e. The molecule has 0 N–H and O–H groups in total. The quantitative estimate of drug-likeness (QED) is 0.618. The molecular weight excluding hydrogens is 335 g/mol. The SMILES string of the molecule is C/C=C(\C(C)I)S(=O)(=O)c1ccc(C)cc1. The fraction of sp³-hybridized carbons (Fsp3) is 0.333. The Hall–Kier alpha value is -0.360. The predicted octanol–water partition coefficient (Wildman–Crippen LogP) is 3.50. The van der Waals surface area contributed by atoms with E-state index in [1.54, 1.807) is 25.1 Å². The highest BCUT2D eigenvalue weighted by Gasteiger charge is 2.22. The lowest BCUT2D eigenvalue weighted by atomic mass is 10.2. The Morgan fingerprint density at radius 2 is 1.81 bits per heavy atom. The molecule has 0 aliphatic rings. The molecule has 1 aromatic carbocycles. The van der Waals surface area contributed by atoms with Crippen LogP contribution in [0, 0.1) is 6.92 Å². The van der Waals surface area contributed by atoms with Gasteiger partial charge in [0.2, 0.25) is 9.84 Å². The topological polar surface area (TPSA) is 34.1 Å². The van der Waals surface area contributed by atoms with E-state index in [-0.39, 0.29) is 3.92 Å². The number of hydrogen-bond acceptors (Lipinski definition) is 2. The molecule has 1 unspecified atom stereocenters. The average molecular weight is 350 g/mol. The second kappa shape index (κ2) is 5.31. The number of alkyl halides is 1. The van der Waals surface area contributed by atoms with Gasteiger partial charge in [0.05, 0.1) is 9.80 Å². The fourth-order valence-electron chi connectivity index (χ4n) is 1.45. The van der Waals surface area contributed by atoms with Gasteiger partial charge in [-0.25, -0.2) is 8.42 Å². The Bertz CT molecular complexity index is 484. The van der Waals surface area contributed by atoms with Crippen LogP contribution >= 0.6 is 22.6 Å². The summed E-state index contributed by atoms with van der Waals surface area (Å²) in [6.07, 6.45) is 1.67. The van der Waals surface area contributed by atoms with Gasteiger partial charge in [0, 0.05) is 3.92 Å². The van der Waals surface area contributed by atoms with E-state index in [0.29, 0.717) is 9.80 Å². The molecule has 2 nitrogen and oxygen atoms in total. The number of sulfone groups is 1. The first-order chi connectivity index (χ1) is 7.39. The molecule has 0 aliphatic carbocycles. The summed E-state index contributed by atoms with van der Waals surface area (Å²) < 4.78 is 24.5. The summed E-state index contributed by atoms with van der Waals surface area (Å²) in [6, 6.07) is 6.95. The molecular formula is C12H15IO2S. The van der Waals surface area contributed by atoms with Crippen LogP contribution in [0.1, 0.15) is 19.4 Å². The minimum Gasteiger partial charge on any atom is -0.219 e. The summed E-state index contributed by atoms with van der Waals surface area (Å²) in [5, 5.41) is 0. The van der Waals surface area contributed by atoms with Crippen molar-refractivity contribution in [1.82, 2.24) is 0 Å². The lowest BCUT2D eigenvalue weighted by molar-refractivity contribution is 0.601. The van der Waals surface area contributed by atoms with E-state index in [1.165, 1.54) is 0 Å². The first-order valence-corrected chi connectivity index (χ1v) is 7.74. The molecule has 0 bridgehead atoms. The van der Waals surface area contributed by atoms with Gasteiger partial charge in [-0.15, -0.1) is 0 Å². The van der Waals surface area contributed by atoms with Gasteiger partial charge in [-0.2, -0.15) is 0 Å². The Balaban J connectivity index is 3.27. The van der Waals surface area contributed by atoms with Crippen molar-refractivity contribution in [2.24, 2.45) is 0 Å². The molecule has 88 valence electrons. The van der Waals surface area contributed by atoms with Crippen molar-refractivity contribution in [3.8, 4) is 0 Å². The summed E-state index contributed by atoms with van der Waals surface area (Å²) in [6.45, 7) is 5.58. The third-order valence-electron chi connectivity index (χ3n) is 2.32. The maximum absolute atomic E-state index is 12.2. The number of allylic oxidation sites excluding steroid dienone is 2. The van der Waals surface area contributed by atoms with Crippen LogP contribution in [0.3, 0.4) is 0 Å². The maximum atomic E-state index is 12.2. The van der Waals surface area contributed by atoms with Gasteiger partial charge in [-0.05, 0) is 32.9 Å². The second-order valence-corrected chi connectivity index (χ2v) is 7.44. The third kappa shape index (κ3) is 2.85. The van der Waals surface area contributed by atoms with E-state index < -0.39 is 9.84 Å². The normalized spacial score (nSPS) is 14.9. The number of benzene rings is 1. The molecule has 0 spiro atoms. The summed E-state index contributed by atoms with van der Waals surface area (Å²) in [5.41, 5.74) is 1.06. The van der Waals surface area contributed by atoms with E-state index in [1.807, 2.05) is 26.0 Å². The molecule has 0 aromatic heterocycles. The van der Waals surface area contributed by atoms with E-state index >= 15 is 0 Å². The van der Waals surface area contributed by atoms with Gasteiger partial charge in [-0.3, -0.25) is 0 Å². The van der Waals surface area contributed by atoms with Crippen molar-refractivity contribution in [3.05, 3.63) is 40.8 Å². The molecule has 0 saturated carbocycles. The summed E-state index contributed by atoms with van der Waals surface area (Å²) in [7, 11) is -3.31. The highest BCUT2D eigenvalue weighted by molar-refractivity contribution is 14.1. The standard InChI is InChI=1S/C12H15IO2S/c1-4-12(10(3)13)16(14,15)11-7-5-9(2)6-8-11/h4-8,10H,1-3H3/b12-4+. The van der Waals surface area contributed by atoms with Crippen LogP contribution in [0.5, 0.6) is 0 Å². The molecule has 16 heavy (non-hydrogen) atoms. The van der Waals surface area contributed by atoms with Crippen LogP contribution in [0.15, 0.2) is 40.1 Å². The predicted molar refractivity (Wildman–Crippen MR) is 75.6 cm³/mol. The van der Waals surface area contributed by atoms with E-state index in [4.69, 9.17) is 0 Å². The van der Waals surface area contributed by atoms with Gasteiger partial charge in [0.25, 0.3) is 0 Å². The van der Waals surface area contributed by atoms with Gasteiger partial charge in [-0.1, -0.05) is 46.4 Å². The van der Waals surface area contributed by atoms with Crippen molar-refractivity contribution in [2.45, 2.75) is 29.6 Å². The third-order valence-corrected chi connectivity index (χ3v) is 5.51. The van der Waals surface area contributed by atoms with E-state index in [2.05, 4.69) is 22.6 Å². The van der Waals surface area contributed by atoms with Crippen LogP contribution < -0.4 is 0 Å². The van der Waals surface area contributed by atoms with E-state index in [9.17, 15) is 8.42 Å². The largest absolute Gasteiger partial charge is 0.219 e. The number of aryl methyl sites for hydroxylation is 1. The lowest BCUT2D eigenvalue weighted by Gasteiger charge is -2.11. The zero-order chi connectivity index (χ0) is 12.3. The molecule has 0 saturated heterocycles. The minimum absolute atomic E-state index is 0.0195. The zero-order valence-electron chi connectivity index (χ0n) is 9.57. The van der Waals surface area contributed by atoms with E-state index in [0.717, 1.165) is 5.56 Å². The Morgan fingerprint density at radius 1 is 1.31 bits per heavy atom. The summed E-state index contributed by atoms with van der Waals surface area (Å²) >= 11 is 2.12. The van der Waals surface area contributed by atoms with Crippen LogP contribution in [0.4, 0.5) is 0 Å². The van der Waals surface area contributed by atoms with Crippen LogP contribution in [-0.2, 0) is 9.84 Å². The van der Waals surface area contributed by atoms with Crippen LogP contribution in [-0.4, -0.2) is 12.3 Å².